The Bertz CT molecular complexity index is 2930. The first-order valence-corrected chi connectivity index (χ1v) is 17.6. The first-order valence-electron chi connectivity index (χ1n) is 17.6. The topological polar surface area (TPSA) is 38.7 Å². The van der Waals surface area contributed by atoms with Gasteiger partial charge in [-0.1, -0.05) is 158 Å². The summed E-state index contributed by atoms with van der Waals surface area (Å²) >= 11 is 0. The van der Waals surface area contributed by atoms with E-state index in [0.717, 1.165) is 50.1 Å². The number of aromatic nitrogens is 3. The maximum absolute atomic E-state index is 5.12. The largest absolute Gasteiger partial charge is 0.256 e. The predicted molar refractivity (Wildman–Crippen MR) is 217 cm³/mol. The van der Waals surface area contributed by atoms with Gasteiger partial charge in [0.05, 0.1) is 16.9 Å². The first-order chi connectivity index (χ1) is 25.8. The van der Waals surface area contributed by atoms with Gasteiger partial charge in [-0.2, -0.15) is 0 Å². The van der Waals surface area contributed by atoms with Crippen LogP contribution in [0, 0.1) is 0 Å². The van der Waals surface area contributed by atoms with Gasteiger partial charge in [-0.25, -0.2) is 9.97 Å². The minimum absolute atomic E-state index is 0.702. The lowest BCUT2D eigenvalue weighted by Gasteiger charge is -2.15. The third kappa shape index (κ3) is 5.19. The lowest BCUT2D eigenvalue weighted by Crippen LogP contribution is -1.96. The Morgan fingerprint density at radius 2 is 0.923 bits per heavy atom. The van der Waals surface area contributed by atoms with Crippen LogP contribution in [0.1, 0.15) is 0 Å². The summed E-state index contributed by atoms with van der Waals surface area (Å²) in [6, 6.07) is 64.4. The van der Waals surface area contributed by atoms with Gasteiger partial charge in [-0.3, -0.25) is 4.98 Å². The minimum Gasteiger partial charge on any atom is -0.256 e. The van der Waals surface area contributed by atoms with E-state index < -0.39 is 0 Å². The van der Waals surface area contributed by atoms with Crippen molar-refractivity contribution in [3.63, 3.8) is 0 Å². The molecule has 242 valence electrons. The van der Waals surface area contributed by atoms with E-state index in [0.29, 0.717) is 5.82 Å². The van der Waals surface area contributed by atoms with Crippen molar-refractivity contribution >= 4 is 43.2 Å². The molecule has 0 radical (unpaired) electrons. The van der Waals surface area contributed by atoms with E-state index in [2.05, 4.69) is 163 Å². The number of rotatable bonds is 5. The van der Waals surface area contributed by atoms with Crippen LogP contribution in [0.25, 0.3) is 99.4 Å². The molecule has 0 atom stereocenters. The number of hydrogen-bond donors (Lipinski definition) is 0. The molecular weight excluding hydrogens is 631 g/mol. The van der Waals surface area contributed by atoms with Gasteiger partial charge in [0.15, 0.2) is 5.82 Å². The second-order valence-corrected chi connectivity index (χ2v) is 13.2. The molecule has 0 spiro atoms. The molecule has 0 unspecified atom stereocenters. The number of benzene rings is 8. The maximum Gasteiger partial charge on any atom is 0.160 e. The zero-order valence-electron chi connectivity index (χ0n) is 28.2. The zero-order chi connectivity index (χ0) is 34.4. The molecule has 0 fully saturated rings. The van der Waals surface area contributed by atoms with Crippen molar-refractivity contribution in [2.24, 2.45) is 0 Å². The highest BCUT2D eigenvalue weighted by atomic mass is 14.9. The molecule has 2 aromatic heterocycles. The lowest BCUT2D eigenvalue weighted by molar-refractivity contribution is 1.18. The second kappa shape index (κ2) is 12.4. The highest BCUT2D eigenvalue weighted by molar-refractivity contribution is 6.22. The Morgan fingerprint density at radius 3 is 1.67 bits per heavy atom. The van der Waals surface area contributed by atoms with Crippen LogP contribution in [-0.2, 0) is 0 Å². The summed E-state index contributed by atoms with van der Waals surface area (Å²) in [5.74, 6) is 0.702. The maximum atomic E-state index is 5.12. The number of pyridine rings is 1. The van der Waals surface area contributed by atoms with Crippen LogP contribution >= 0.6 is 0 Å². The summed E-state index contributed by atoms with van der Waals surface area (Å²) < 4.78 is 0. The summed E-state index contributed by atoms with van der Waals surface area (Å²) in [5, 5.41) is 8.66. The number of fused-ring (bicyclic) bond motifs is 5. The number of hydrogen-bond acceptors (Lipinski definition) is 3. The smallest absolute Gasteiger partial charge is 0.160 e. The highest BCUT2D eigenvalue weighted by Gasteiger charge is 2.15. The normalized spacial score (nSPS) is 11.5. The fourth-order valence-electron chi connectivity index (χ4n) is 7.58. The molecule has 0 aliphatic heterocycles. The molecule has 10 aromatic rings. The van der Waals surface area contributed by atoms with Crippen molar-refractivity contribution in [2.45, 2.75) is 0 Å². The van der Waals surface area contributed by atoms with Gasteiger partial charge in [0.2, 0.25) is 0 Å². The van der Waals surface area contributed by atoms with E-state index in [1.807, 2.05) is 30.5 Å². The van der Waals surface area contributed by atoms with E-state index >= 15 is 0 Å². The van der Waals surface area contributed by atoms with Crippen LogP contribution in [0.15, 0.2) is 188 Å². The Kier molecular flexibility index (Phi) is 7.14. The molecule has 0 bridgehead atoms. The van der Waals surface area contributed by atoms with Gasteiger partial charge >= 0.3 is 0 Å². The number of nitrogens with zero attached hydrogens (tertiary/aromatic N) is 3. The van der Waals surface area contributed by atoms with Crippen molar-refractivity contribution in [1.29, 1.82) is 0 Å². The fraction of sp³-hybridized carbons (Fsp3) is 0. The Labute approximate surface area is 301 Å². The molecule has 52 heavy (non-hydrogen) atoms. The van der Waals surface area contributed by atoms with Gasteiger partial charge in [-0.15, -0.1) is 0 Å². The molecule has 0 saturated heterocycles. The van der Waals surface area contributed by atoms with E-state index in [4.69, 9.17) is 9.97 Å². The van der Waals surface area contributed by atoms with Gasteiger partial charge in [0.25, 0.3) is 0 Å². The molecule has 0 N–H and O–H groups in total. The van der Waals surface area contributed by atoms with Crippen molar-refractivity contribution in [2.75, 3.05) is 0 Å². The Morgan fingerprint density at radius 1 is 0.346 bits per heavy atom. The van der Waals surface area contributed by atoms with Crippen molar-refractivity contribution in [3.05, 3.63) is 188 Å². The Hall–Kier alpha value is -6.97. The molecule has 0 amide bonds. The van der Waals surface area contributed by atoms with Gasteiger partial charge in [-0.05, 0) is 78.8 Å². The number of para-hydroxylation sites is 1. The van der Waals surface area contributed by atoms with Crippen LogP contribution in [-0.4, -0.2) is 15.0 Å². The molecule has 3 heteroatoms. The van der Waals surface area contributed by atoms with E-state index in [1.54, 1.807) is 0 Å². The quantitative estimate of drug-likeness (QED) is 0.136. The van der Waals surface area contributed by atoms with Crippen LogP contribution < -0.4 is 0 Å². The van der Waals surface area contributed by atoms with Crippen molar-refractivity contribution in [1.82, 2.24) is 15.0 Å². The minimum atomic E-state index is 0.702. The van der Waals surface area contributed by atoms with Crippen molar-refractivity contribution < 1.29 is 0 Å². The fourth-order valence-corrected chi connectivity index (χ4v) is 7.58. The second-order valence-electron chi connectivity index (χ2n) is 13.2. The lowest BCUT2D eigenvalue weighted by atomic mass is 9.89. The van der Waals surface area contributed by atoms with Gasteiger partial charge in [0, 0.05) is 28.3 Å². The first kappa shape index (κ1) is 29.9. The van der Waals surface area contributed by atoms with Crippen LogP contribution in [0.4, 0.5) is 0 Å². The molecule has 2 heterocycles. The van der Waals surface area contributed by atoms with Gasteiger partial charge in [0.1, 0.15) is 0 Å². The highest BCUT2D eigenvalue weighted by Crippen LogP contribution is 2.41. The molecule has 0 aliphatic rings. The summed E-state index contributed by atoms with van der Waals surface area (Å²) in [4.78, 5) is 14.8. The molecule has 0 saturated carbocycles. The predicted octanol–water partition coefficient (Wildman–Crippen LogP) is 12.8. The molecule has 0 aliphatic carbocycles. The van der Waals surface area contributed by atoms with Gasteiger partial charge < -0.3 is 0 Å². The van der Waals surface area contributed by atoms with E-state index in [-0.39, 0.29) is 0 Å². The monoisotopic (exact) mass is 661 g/mol. The summed E-state index contributed by atoms with van der Waals surface area (Å²) in [7, 11) is 0. The standard InChI is InChI=1S/C49H31N3/c1-2-11-37(12-3-1)49-51-45(34-21-18-33(19-22-34)40-28-29-50-44-17-9-8-16-43(40)44)31-46(52-49)35-23-25-36(26-24-35)47-42-15-7-5-13-38(42)30-39-27-20-32-10-4-6-14-41(32)48(39)47/h1-31H. The summed E-state index contributed by atoms with van der Waals surface area (Å²) in [6.07, 6.45) is 1.88. The Balaban J connectivity index is 1.09. The molecule has 8 aromatic carbocycles. The third-order valence-electron chi connectivity index (χ3n) is 10.1. The van der Waals surface area contributed by atoms with E-state index in [1.165, 1.54) is 43.4 Å². The SMILES string of the molecule is c1ccc(-c2nc(-c3ccc(-c4ccnc5ccccc45)cc3)cc(-c3ccc(-c4c5ccccc5cc5ccc6ccccc6c45)cc3)n2)cc1. The van der Waals surface area contributed by atoms with Crippen LogP contribution in [0.5, 0.6) is 0 Å². The van der Waals surface area contributed by atoms with Crippen molar-refractivity contribution in [3.8, 4) is 56.2 Å². The van der Waals surface area contributed by atoms with E-state index in [9.17, 15) is 0 Å². The van der Waals surface area contributed by atoms with Crippen LogP contribution in [0.3, 0.4) is 0 Å². The average Bonchev–Trinajstić information content (AvgIpc) is 3.23. The summed E-state index contributed by atoms with van der Waals surface area (Å²) in [6.45, 7) is 0. The third-order valence-corrected chi connectivity index (χ3v) is 10.1. The average molecular weight is 662 g/mol. The molecular formula is C49H31N3. The molecule has 10 rings (SSSR count). The molecule has 3 nitrogen and oxygen atoms in total. The zero-order valence-corrected chi connectivity index (χ0v) is 28.2. The summed E-state index contributed by atoms with van der Waals surface area (Å²) in [5.41, 5.74) is 10.6. The van der Waals surface area contributed by atoms with Crippen LogP contribution in [0.2, 0.25) is 0 Å².